The maximum Gasteiger partial charge on any atom is 0.0395 e. The van der Waals surface area contributed by atoms with Crippen LogP contribution in [0.5, 0.6) is 0 Å². The van der Waals surface area contributed by atoms with Gasteiger partial charge in [-0.15, -0.1) is 0 Å². The van der Waals surface area contributed by atoms with Gasteiger partial charge in [-0.05, 0) is 57.3 Å². The molecule has 94 valence electrons. The molecule has 0 bridgehead atoms. The number of nitrogens with one attached hydrogen (secondary N) is 1. The van der Waals surface area contributed by atoms with Crippen LogP contribution in [0.2, 0.25) is 0 Å². The summed E-state index contributed by atoms with van der Waals surface area (Å²) in [6, 6.07) is 8.73. The highest BCUT2D eigenvalue weighted by molar-refractivity contribution is 5.52. The van der Waals surface area contributed by atoms with E-state index in [1.165, 1.54) is 43.7 Å². The second-order valence-corrected chi connectivity index (χ2v) is 5.02. The van der Waals surface area contributed by atoms with Crippen molar-refractivity contribution in [2.75, 3.05) is 31.1 Å². The first-order valence-electron chi connectivity index (χ1n) is 6.82. The Morgan fingerprint density at radius 3 is 2.59 bits per heavy atom. The van der Waals surface area contributed by atoms with Gasteiger partial charge in [-0.25, -0.2) is 0 Å². The summed E-state index contributed by atoms with van der Waals surface area (Å²) in [5.74, 6) is 0.857. The summed E-state index contributed by atoms with van der Waals surface area (Å²) in [4.78, 5) is 2.53. The van der Waals surface area contributed by atoms with E-state index in [-0.39, 0.29) is 0 Å². The largest absolute Gasteiger partial charge is 0.371 e. The molecule has 2 rings (SSSR count). The normalized spacial score (nSPS) is 17.1. The third kappa shape index (κ3) is 3.22. The molecule has 1 N–H and O–H groups in total. The molecule has 0 spiro atoms. The molecule has 1 heterocycles. The summed E-state index contributed by atoms with van der Waals surface area (Å²) in [6.07, 6.45) is 2.64. The lowest BCUT2D eigenvalue weighted by molar-refractivity contribution is 0.374. The molecular formula is C15H24N2. The van der Waals surface area contributed by atoms with E-state index < -0.39 is 0 Å². The van der Waals surface area contributed by atoms with Crippen molar-refractivity contribution in [2.24, 2.45) is 5.92 Å². The van der Waals surface area contributed by atoms with Crippen LogP contribution in [0, 0.1) is 12.8 Å². The minimum absolute atomic E-state index is 0.857. The molecule has 0 amide bonds. The number of piperidine rings is 1. The number of para-hydroxylation sites is 1. The van der Waals surface area contributed by atoms with E-state index in [4.69, 9.17) is 0 Å². The Bertz CT molecular complexity index is 343. The molecule has 1 fully saturated rings. The van der Waals surface area contributed by atoms with Crippen LogP contribution in [0.1, 0.15) is 25.3 Å². The van der Waals surface area contributed by atoms with Crippen LogP contribution >= 0.6 is 0 Å². The van der Waals surface area contributed by atoms with Crippen molar-refractivity contribution in [2.45, 2.75) is 26.7 Å². The average Bonchev–Trinajstić information content (AvgIpc) is 2.38. The molecule has 1 aliphatic heterocycles. The van der Waals surface area contributed by atoms with E-state index in [9.17, 15) is 0 Å². The molecule has 0 saturated carbocycles. The predicted molar refractivity (Wildman–Crippen MR) is 74.7 cm³/mol. The van der Waals surface area contributed by atoms with Gasteiger partial charge in [0.1, 0.15) is 0 Å². The number of benzene rings is 1. The van der Waals surface area contributed by atoms with Crippen molar-refractivity contribution < 1.29 is 0 Å². The third-order valence-corrected chi connectivity index (χ3v) is 3.78. The minimum Gasteiger partial charge on any atom is -0.371 e. The second kappa shape index (κ2) is 6.06. The zero-order valence-corrected chi connectivity index (χ0v) is 11.1. The molecular weight excluding hydrogens is 208 g/mol. The molecule has 1 aromatic carbocycles. The molecule has 17 heavy (non-hydrogen) atoms. The fourth-order valence-corrected chi connectivity index (χ4v) is 2.69. The molecule has 0 unspecified atom stereocenters. The minimum atomic E-state index is 0.857. The number of rotatable bonds is 4. The Hall–Kier alpha value is -1.02. The van der Waals surface area contributed by atoms with Crippen LogP contribution in [0.4, 0.5) is 5.69 Å². The van der Waals surface area contributed by atoms with Gasteiger partial charge < -0.3 is 10.2 Å². The first-order valence-corrected chi connectivity index (χ1v) is 6.82. The predicted octanol–water partition coefficient (Wildman–Crippen LogP) is 2.82. The van der Waals surface area contributed by atoms with Crippen LogP contribution in [-0.4, -0.2) is 26.2 Å². The maximum atomic E-state index is 3.44. The third-order valence-electron chi connectivity index (χ3n) is 3.78. The highest BCUT2D eigenvalue weighted by Crippen LogP contribution is 2.22. The molecule has 2 nitrogen and oxygen atoms in total. The summed E-state index contributed by atoms with van der Waals surface area (Å²) < 4.78 is 0. The molecule has 1 aromatic rings. The van der Waals surface area contributed by atoms with E-state index in [1.54, 1.807) is 0 Å². The van der Waals surface area contributed by atoms with Crippen LogP contribution in [0.25, 0.3) is 0 Å². The molecule has 1 saturated heterocycles. The van der Waals surface area contributed by atoms with Gasteiger partial charge in [-0.3, -0.25) is 0 Å². The molecule has 0 aliphatic carbocycles. The summed E-state index contributed by atoms with van der Waals surface area (Å²) in [5, 5.41) is 3.44. The highest BCUT2D eigenvalue weighted by atomic mass is 15.1. The van der Waals surface area contributed by atoms with Gasteiger partial charge in [0.15, 0.2) is 0 Å². The Morgan fingerprint density at radius 1 is 1.24 bits per heavy atom. The first-order chi connectivity index (χ1) is 8.31. The van der Waals surface area contributed by atoms with Gasteiger partial charge in [0.25, 0.3) is 0 Å². The van der Waals surface area contributed by atoms with E-state index >= 15 is 0 Å². The molecule has 0 atom stereocenters. The van der Waals surface area contributed by atoms with Gasteiger partial charge in [0, 0.05) is 18.8 Å². The zero-order chi connectivity index (χ0) is 12.1. The van der Waals surface area contributed by atoms with Crippen molar-refractivity contribution in [1.29, 1.82) is 0 Å². The standard InChI is InChI=1S/C15H24N2/c1-3-17(12-14-8-10-16-11-9-14)15-7-5-4-6-13(15)2/h4-7,14,16H,3,8-12H2,1-2H3. The van der Waals surface area contributed by atoms with E-state index in [0.29, 0.717) is 0 Å². The number of hydrogen-bond acceptors (Lipinski definition) is 2. The van der Waals surface area contributed by atoms with Crippen LogP contribution in [-0.2, 0) is 0 Å². The summed E-state index contributed by atoms with van der Waals surface area (Å²) in [6.45, 7) is 9.16. The molecule has 1 aliphatic rings. The van der Waals surface area contributed by atoms with Crippen molar-refractivity contribution >= 4 is 5.69 Å². The highest BCUT2D eigenvalue weighted by Gasteiger charge is 2.17. The van der Waals surface area contributed by atoms with Gasteiger partial charge in [-0.1, -0.05) is 18.2 Å². The number of hydrogen-bond donors (Lipinski definition) is 1. The first kappa shape index (κ1) is 12.4. The topological polar surface area (TPSA) is 15.3 Å². The van der Waals surface area contributed by atoms with Gasteiger partial charge >= 0.3 is 0 Å². The maximum absolute atomic E-state index is 3.44. The average molecular weight is 232 g/mol. The lowest BCUT2D eigenvalue weighted by Crippen LogP contribution is -2.36. The number of anilines is 1. The van der Waals surface area contributed by atoms with Crippen molar-refractivity contribution in [1.82, 2.24) is 5.32 Å². The fourth-order valence-electron chi connectivity index (χ4n) is 2.69. The van der Waals surface area contributed by atoms with Crippen molar-refractivity contribution in [3.8, 4) is 0 Å². The van der Waals surface area contributed by atoms with Crippen LogP contribution in [0.15, 0.2) is 24.3 Å². The fraction of sp³-hybridized carbons (Fsp3) is 0.600. The second-order valence-electron chi connectivity index (χ2n) is 5.02. The van der Waals surface area contributed by atoms with Crippen molar-refractivity contribution in [3.05, 3.63) is 29.8 Å². The molecule has 2 heteroatoms. The van der Waals surface area contributed by atoms with Gasteiger partial charge in [-0.2, -0.15) is 0 Å². The quantitative estimate of drug-likeness (QED) is 0.858. The summed E-state index contributed by atoms with van der Waals surface area (Å²) in [7, 11) is 0. The van der Waals surface area contributed by atoms with Crippen LogP contribution < -0.4 is 10.2 Å². The SMILES string of the molecule is CCN(CC1CCNCC1)c1ccccc1C. The molecule has 0 aromatic heterocycles. The van der Waals surface area contributed by atoms with E-state index in [2.05, 4.69) is 48.3 Å². The Kier molecular flexibility index (Phi) is 4.43. The van der Waals surface area contributed by atoms with Gasteiger partial charge in [0.2, 0.25) is 0 Å². The smallest absolute Gasteiger partial charge is 0.0395 e. The summed E-state index contributed by atoms with van der Waals surface area (Å²) in [5.41, 5.74) is 2.80. The summed E-state index contributed by atoms with van der Waals surface area (Å²) >= 11 is 0. The van der Waals surface area contributed by atoms with Gasteiger partial charge in [0.05, 0.1) is 0 Å². The number of nitrogens with zero attached hydrogens (tertiary/aromatic N) is 1. The number of aryl methyl sites for hydroxylation is 1. The monoisotopic (exact) mass is 232 g/mol. The zero-order valence-electron chi connectivity index (χ0n) is 11.1. The lowest BCUT2D eigenvalue weighted by atomic mass is 9.97. The Balaban J connectivity index is 2.03. The lowest BCUT2D eigenvalue weighted by Gasteiger charge is -2.31. The van der Waals surface area contributed by atoms with Crippen LogP contribution in [0.3, 0.4) is 0 Å². The Labute approximate surface area is 105 Å². The van der Waals surface area contributed by atoms with E-state index in [1.807, 2.05) is 0 Å². The van der Waals surface area contributed by atoms with E-state index in [0.717, 1.165) is 12.5 Å². The molecule has 0 radical (unpaired) electrons. The van der Waals surface area contributed by atoms with Crippen molar-refractivity contribution in [3.63, 3.8) is 0 Å². The Morgan fingerprint density at radius 2 is 1.94 bits per heavy atom.